The van der Waals surface area contributed by atoms with Gasteiger partial charge in [0.15, 0.2) is 0 Å². The van der Waals surface area contributed by atoms with E-state index in [1.807, 2.05) is 6.07 Å². The number of piperidine rings is 1. The van der Waals surface area contributed by atoms with E-state index >= 15 is 0 Å². The molecule has 1 saturated heterocycles. The number of aliphatic hydroxyl groups excluding tert-OH is 1. The van der Waals surface area contributed by atoms with Crippen molar-refractivity contribution in [2.45, 2.75) is 51.0 Å². The maximum absolute atomic E-state index is 12.1. The van der Waals surface area contributed by atoms with Crippen LogP contribution in [0.25, 0.3) is 0 Å². The number of furan rings is 1. The number of rotatable bonds is 4. The summed E-state index contributed by atoms with van der Waals surface area (Å²) in [6.07, 6.45) is 3.71. The van der Waals surface area contributed by atoms with Crippen LogP contribution in [0.3, 0.4) is 0 Å². The fourth-order valence-corrected chi connectivity index (χ4v) is 3.02. The lowest BCUT2D eigenvalue weighted by molar-refractivity contribution is -0.134. The molecular weight excluding hydrogens is 254 g/mol. The summed E-state index contributed by atoms with van der Waals surface area (Å²) in [7, 11) is 0. The van der Waals surface area contributed by atoms with Crippen LogP contribution in [0.1, 0.15) is 50.0 Å². The van der Waals surface area contributed by atoms with Crippen LogP contribution in [0.15, 0.2) is 16.5 Å². The number of aliphatic hydroxyl groups is 1. The molecular formula is C16H23NO3. The number of amides is 1. The molecule has 110 valence electrons. The molecule has 20 heavy (non-hydrogen) atoms. The summed E-state index contributed by atoms with van der Waals surface area (Å²) in [6, 6.07) is 4.05. The third kappa shape index (κ3) is 3.06. The van der Waals surface area contributed by atoms with Crippen molar-refractivity contribution in [1.29, 1.82) is 0 Å². The second kappa shape index (κ2) is 5.60. The molecule has 3 atom stereocenters. The summed E-state index contributed by atoms with van der Waals surface area (Å²) < 4.78 is 5.82. The van der Waals surface area contributed by atoms with Crippen molar-refractivity contribution in [3.63, 3.8) is 0 Å². The van der Waals surface area contributed by atoms with E-state index in [0.29, 0.717) is 25.3 Å². The quantitative estimate of drug-likeness (QED) is 0.919. The standard InChI is InChI=1S/C16H23NO3/c1-11-9-14(11)15-6-4-13(20-15)5-7-16(19)17-8-2-3-12(18)10-17/h4,6,11-12,14,18H,2-3,5,7-10H2,1H3/t11-,12-,14+/m1/s1. The van der Waals surface area contributed by atoms with E-state index in [1.54, 1.807) is 4.90 Å². The van der Waals surface area contributed by atoms with Crippen molar-refractivity contribution in [1.82, 2.24) is 4.90 Å². The van der Waals surface area contributed by atoms with Gasteiger partial charge < -0.3 is 14.4 Å². The highest BCUT2D eigenvalue weighted by molar-refractivity contribution is 5.76. The summed E-state index contributed by atoms with van der Waals surface area (Å²) in [4.78, 5) is 13.9. The molecule has 4 heteroatoms. The van der Waals surface area contributed by atoms with Gasteiger partial charge >= 0.3 is 0 Å². The van der Waals surface area contributed by atoms with Crippen LogP contribution < -0.4 is 0 Å². The van der Waals surface area contributed by atoms with Crippen molar-refractivity contribution in [3.05, 3.63) is 23.7 Å². The minimum atomic E-state index is -0.348. The van der Waals surface area contributed by atoms with E-state index in [4.69, 9.17) is 4.42 Å². The van der Waals surface area contributed by atoms with E-state index in [2.05, 4.69) is 13.0 Å². The highest BCUT2D eigenvalue weighted by atomic mass is 16.3. The molecule has 1 saturated carbocycles. The second-order valence-corrected chi connectivity index (χ2v) is 6.26. The summed E-state index contributed by atoms with van der Waals surface area (Å²) in [5.74, 6) is 3.45. The number of hydrogen-bond donors (Lipinski definition) is 1. The third-order valence-corrected chi connectivity index (χ3v) is 4.49. The maximum atomic E-state index is 12.1. The molecule has 1 N–H and O–H groups in total. The summed E-state index contributed by atoms with van der Waals surface area (Å²) in [5.41, 5.74) is 0. The number of hydrogen-bond acceptors (Lipinski definition) is 3. The molecule has 1 aliphatic heterocycles. The Kier molecular flexibility index (Phi) is 3.83. The number of β-amino-alcohol motifs (C(OH)–C–C–N with tert-alkyl or cyclic N) is 1. The first kappa shape index (κ1) is 13.7. The normalized spacial score (nSPS) is 29.5. The van der Waals surface area contributed by atoms with Gasteiger partial charge in [-0.25, -0.2) is 0 Å². The molecule has 2 aliphatic rings. The van der Waals surface area contributed by atoms with Crippen LogP contribution in [0.5, 0.6) is 0 Å². The molecule has 1 aliphatic carbocycles. The van der Waals surface area contributed by atoms with Gasteiger partial charge in [-0.2, -0.15) is 0 Å². The highest BCUT2D eigenvalue weighted by Gasteiger charge is 2.36. The van der Waals surface area contributed by atoms with E-state index < -0.39 is 0 Å². The van der Waals surface area contributed by atoms with Crippen LogP contribution in [-0.2, 0) is 11.2 Å². The minimum Gasteiger partial charge on any atom is -0.466 e. The molecule has 1 aromatic rings. The molecule has 1 aromatic heterocycles. The van der Waals surface area contributed by atoms with Crippen LogP contribution in [0.4, 0.5) is 0 Å². The molecule has 0 radical (unpaired) electrons. The third-order valence-electron chi connectivity index (χ3n) is 4.49. The molecule has 1 amide bonds. The van der Waals surface area contributed by atoms with E-state index in [1.165, 1.54) is 6.42 Å². The molecule has 2 heterocycles. The predicted molar refractivity (Wildman–Crippen MR) is 75.4 cm³/mol. The molecule has 3 rings (SSSR count). The Hall–Kier alpha value is -1.29. The molecule has 0 bridgehead atoms. The predicted octanol–water partition coefficient (Wildman–Crippen LogP) is 2.32. The summed E-state index contributed by atoms with van der Waals surface area (Å²) in [6.45, 7) is 3.50. The fraction of sp³-hybridized carbons (Fsp3) is 0.688. The van der Waals surface area contributed by atoms with E-state index in [9.17, 15) is 9.90 Å². The SMILES string of the molecule is C[C@@H]1C[C@@H]1c1ccc(CCC(=O)N2CCC[C@@H](O)C2)o1. The molecule has 0 unspecified atom stereocenters. The first-order valence-electron chi connectivity index (χ1n) is 7.68. The Morgan fingerprint density at radius 1 is 1.50 bits per heavy atom. The Morgan fingerprint density at radius 3 is 3.00 bits per heavy atom. The summed E-state index contributed by atoms with van der Waals surface area (Å²) in [5, 5.41) is 9.60. The van der Waals surface area contributed by atoms with Gasteiger partial charge in [0, 0.05) is 31.8 Å². The van der Waals surface area contributed by atoms with Gasteiger partial charge in [-0.15, -0.1) is 0 Å². The lowest BCUT2D eigenvalue weighted by Crippen LogP contribution is -2.42. The zero-order valence-electron chi connectivity index (χ0n) is 12.0. The molecule has 2 fully saturated rings. The molecule has 0 spiro atoms. The monoisotopic (exact) mass is 277 g/mol. The fourth-order valence-electron chi connectivity index (χ4n) is 3.02. The number of carbonyl (C=O) groups excluding carboxylic acids is 1. The number of aryl methyl sites for hydroxylation is 1. The Bertz CT molecular complexity index is 482. The van der Waals surface area contributed by atoms with Gasteiger partial charge in [0.05, 0.1) is 6.10 Å². The van der Waals surface area contributed by atoms with Gasteiger partial charge in [0.25, 0.3) is 0 Å². The zero-order valence-corrected chi connectivity index (χ0v) is 12.0. The number of nitrogens with zero attached hydrogens (tertiary/aromatic N) is 1. The first-order valence-corrected chi connectivity index (χ1v) is 7.68. The zero-order chi connectivity index (χ0) is 14.1. The van der Waals surface area contributed by atoms with Crippen molar-refractivity contribution in [3.8, 4) is 0 Å². The lowest BCUT2D eigenvalue weighted by atomic mass is 10.1. The van der Waals surface area contributed by atoms with Crippen LogP contribution >= 0.6 is 0 Å². The smallest absolute Gasteiger partial charge is 0.223 e. The maximum Gasteiger partial charge on any atom is 0.223 e. The van der Waals surface area contributed by atoms with Crippen LogP contribution in [0, 0.1) is 5.92 Å². The molecule has 4 nitrogen and oxygen atoms in total. The van der Waals surface area contributed by atoms with E-state index in [0.717, 1.165) is 36.8 Å². The van der Waals surface area contributed by atoms with Crippen molar-refractivity contribution in [2.75, 3.05) is 13.1 Å². The van der Waals surface area contributed by atoms with Gasteiger partial charge in [0.1, 0.15) is 11.5 Å². The minimum absolute atomic E-state index is 0.126. The summed E-state index contributed by atoms with van der Waals surface area (Å²) >= 11 is 0. The lowest BCUT2D eigenvalue weighted by Gasteiger charge is -2.30. The Balaban J connectivity index is 1.48. The average Bonchev–Trinajstić information content (AvgIpc) is 2.99. The number of likely N-dealkylation sites (tertiary alicyclic amines) is 1. The largest absolute Gasteiger partial charge is 0.466 e. The van der Waals surface area contributed by atoms with E-state index in [-0.39, 0.29) is 12.0 Å². The van der Waals surface area contributed by atoms with Gasteiger partial charge in [-0.05, 0) is 37.3 Å². The highest BCUT2D eigenvalue weighted by Crippen LogP contribution is 2.47. The van der Waals surface area contributed by atoms with Crippen molar-refractivity contribution in [2.24, 2.45) is 5.92 Å². The van der Waals surface area contributed by atoms with Crippen LogP contribution in [-0.4, -0.2) is 35.1 Å². The average molecular weight is 277 g/mol. The Labute approximate surface area is 119 Å². The van der Waals surface area contributed by atoms with Crippen molar-refractivity contribution >= 4 is 5.91 Å². The molecule has 0 aromatic carbocycles. The first-order chi connectivity index (χ1) is 9.63. The van der Waals surface area contributed by atoms with Gasteiger partial charge in [-0.1, -0.05) is 6.92 Å². The second-order valence-electron chi connectivity index (χ2n) is 6.26. The number of carbonyl (C=O) groups is 1. The van der Waals surface area contributed by atoms with Gasteiger partial charge in [0.2, 0.25) is 5.91 Å². The van der Waals surface area contributed by atoms with Gasteiger partial charge in [-0.3, -0.25) is 4.79 Å². The van der Waals surface area contributed by atoms with Crippen molar-refractivity contribution < 1.29 is 14.3 Å². The van der Waals surface area contributed by atoms with Crippen LogP contribution in [0.2, 0.25) is 0 Å². The topological polar surface area (TPSA) is 53.7 Å². The Morgan fingerprint density at radius 2 is 2.30 bits per heavy atom.